The van der Waals surface area contributed by atoms with Crippen LogP contribution in [0.15, 0.2) is 62.1 Å². The van der Waals surface area contributed by atoms with Gasteiger partial charge in [-0.15, -0.1) is 0 Å². The van der Waals surface area contributed by atoms with Crippen LogP contribution in [0.1, 0.15) is 5.56 Å². The summed E-state index contributed by atoms with van der Waals surface area (Å²) in [7, 11) is 0. The van der Waals surface area contributed by atoms with Gasteiger partial charge in [-0.2, -0.15) is 0 Å². The first-order chi connectivity index (χ1) is 10.1. The van der Waals surface area contributed by atoms with E-state index >= 15 is 0 Å². The van der Waals surface area contributed by atoms with Crippen molar-refractivity contribution < 1.29 is 9.21 Å². The van der Waals surface area contributed by atoms with Crippen molar-refractivity contribution in [1.82, 2.24) is 0 Å². The minimum atomic E-state index is -0.0694. The zero-order chi connectivity index (χ0) is 14.8. The quantitative estimate of drug-likeness (QED) is 0.651. The molecule has 0 saturated heterocycles. The lowest BCUT2D eigenvalue weighted by Gasteiger charge is -2.04. The summed E-state index contributed by atoms with van der Waals surface area (Å²) in [5.74, 6) is -0.0694. The molecular formula is C16H11Br2NO2. The Morgan fingerprint density at radius 1 is 1.05 bits per heavy atom. The van der Waals surface area contributed by atoms with Crippen molar-refractivity contribution in [2.45, 2.75) is 6.42 Å². The lowest BCUT2D eigenvalue weighted by molar-refractivity contribution is -0.115. The van der Waals surface area contributed by atoms with Gasteiger partial charge in [0.15, 0.2) is 0 Å². The second-order valence-electron chi connectivity index (χ2n) is 4.63. The van der Waals surface area contributed by atoms with Crippen LogP contribution in [-0.2, 0) is 11.2 Å². The van der Waals surface area contributed by atoms with Gasteiger partial charge < -0.3 is 9.73 Å². The number of hydrogen-bond acceptors (Lipinski definition) is 2. The monoisotopic (exact) mass is 407 g/mol. The van der Waals surface area contributed by atoms with Gasteiger partial charge in [0.05, 0.1) is 12.7 Å². The summed E-state index contributed by atoms with van der Waals surface area (Å²) in [5.41, 5.74) is 2.43. The van der Waals surface area contributed by atoms with Crippen LogP contribution in [0.5, 0.6) is 0 Å². The normalized spacial score (nSPS) is 10.8. The summed E-state index contributed by atoms with van der Waals surface area (Å²) in [6.45, 7) is 0. The highest BCUT2D eigenvalue weighted by atomic mass is 79.9. The molecule has 0 fully saturated rings. The number of hydrogen-bond donors (Lipinski definition) is 1. The van der Waals surface area contributed by atoms with Crippen LogP contribution >= 0.6 is 31.9 Å². The molecule has 0 atom stereocenters. The van der Waals surface area contributed by atoms with Gasteiger partial charge in [-0.05, 0) is 42.5 Å². The summed E-state index contributed by atoms with van der Waals surface area (Å²) in [5, 5.41) is 3.83. The van der Waals surface area contributed by atoms with Gasteiger partial charge in [0.2, 0.25) is 5.91 Å². The number of anilines is 1. The summed E-state index contributed by atoms with van der Waals surface area (Å²) in [6, 6.07) is 13.2. The Bertz CT molecular complexity index is 794. The molecule has 0 unspecified atom stereocenters. The third-order valence-corrected chi connectivity index (χ3v) is 4.12. The molecule has 3 nitrogen and oxygen atoms in total. The molecule has 0 spiro atoms. The van der Waals surface area contributed by atoms with Crippen molar-refractivity contribution in [2.75, 3.05) is 5.32 Å². The Morgan fingerprint density at radius 3 is 2.52 bits per heavy atom. The number of nitrogens with one attached hydrogen (secondary N) is 1. The molecule has 1 amide bonds. The molecule has 0 bridgehead atoms. The number of carbonyl (C=O) groups is 1. The topological polar surface area (TPSA) is 42.2 Å². The highest BCUT2D eigenvalue weighted by molar-refractivity contribution is 9.10. The van der Waals surface area contributed by atoms with E-state index < -0.39 is 0 Å². The van der Waals surface area contributed by atoms with Crippen LogP contribution in [-0.4, -0.2) is 5.91 Å². The van der Waals surface area contributed by atoms with E-state index in [-0.39, 0.29) is 12.3 Å². The number of carbonyl (C=O) groups excluding carboxylic acids is 1. The maximum atomic E-state index is 12.1. The Morgan fingerprint density at radius 2 is 1.76 bits per heavy atom. The van der Waals surface area contributed by atoms with E-state index in [1.165, 1.54) is 0 Å². The molecule has 0 aliphatic carbocycles. The van der Waals surface area contributed by atoms with Crippen molar-refractivity contribution in [3.05, 3.63) is 63.2 Å². The fraction of sp³-hybridized carbons (Fsp3) is 0.0625. The zero-order valence-electron chi connectivity index (χ0n) is 10.9. The van der Waals surface area contributed by atoms with Gasteiger partial charge in [-0.25, -0.2) is 0 Å². The van der Waals surface area contributed by atoms with E-state index in [1.807, 2.05) is 42.5 Å². The molecule has 3 rings (SSSR count). The maximum Gasteiger partial charge on any atom is 0.228 e. The van der Waals surface area contributed by atoms with Crippen LogP contribution in [0, 0.1) is 0 Å². The summed E-state index contributed by atoms with van der Waals surface area (Å²) in [4.78, 5) is 12.1. The zero-order valence-corrected chi connectivity index (χ0v) is 14.1. The van der Waals surface area contributed by atoms with Gasteiger partial charge in [0.1, 0.15) is 5.58 Å². The van der Waals surface area contributed by atoms with Crippen LogP contribution in [0.2, 0.25) is 0 Å². The van der Waals surface area contributed by atoms with Crippen molar-refractivity contribution >= 4 is 54.4 Å². The Kier molecular flexibility index (Phi) is 4.12. The van der Waals surface area contributed by atoms with Crippen molar-refractivity contribution in [3.8, 4) is 0 Å². The number of amides is 1. The number of furan rings is 1. The molecule has 0 saturated carbocycles. The minimum Gasteiger partial charge on any atom is -0.464 e. The van der Waals surface area contributed by atoms with Gasteiger partial charge in [0, 0.05) is 25.6 Å². The van der Waals surface area contributed by atoms with Gasteiger partial charge in [0.25, 0.3) is 0 Å². The number of benzene rings is 2. The molecule has 5 heteroatoms. The summed E-state index contributed by atoms with van der Waals surface area (Å²) < 4.78 is 7.41. The first-order valence-corrected chi connectivity index (χ1v) is 7.91. The van der Waals surface area contributed by atoms with E-state index in [0.717, 1.165) is 31.2 Å². The lowest BCUT2D eigenvalue weighted by Crippen LogP contribution is -2.14. The standard InChI is InChI=1S/C16H11Br2NO2/c17-11-1-4-13(5-2-11)19-16(20)7-10-9-21-15-6-3-12(18)8-14(10)15/h1-6,8-9H,7H2,(H,19,20). The molecule has 0 radical (unpaired) electrons. The first kappa shape index (κ1) is 14.4. The van der Waals surface area contributed by atoms with E-state index in [1.54, 1.807) is 6.26 Å². The van der Waals surface area contributed by atoms with E-state index in [9.17, 15) is 4.79 Å². The smallest absolute Gasteiger partial charge is 0.228 e. The molecule has 3 aromatic rings. The van der Waals surface area contributed by atoms with Crippen LogP contribution in [0.4, 0.5) is 5.69 Å². The van der Waals surface area contributed by atoms with Crippen LogP contribution in [0.25, 0.3) is 11.0 Å². The predicted molar refractivity (Wildman–Crippen MR) is 90.4 cm³/mol. The predicted octanol–water partition coefficient (Wildman–Crippen LogP) is 5.14. The Hall–Kier alpha value is -1.59. The van der Waals surface area contributed by atoms with Gasteiger partial charge >= 0.3 is 0 Å². The second-order valence-corrected chi connectivity index (χ2v) is 6.46. The molecule has 0 aliphatic heterocycles. The summed E-state index contributed by atoms with van der Waals surface area (Å²) in [6.07, 6.45) is 1.91. The number of rotatable bonds is 3. The third kappa shape index (κ3) is 3.36. The third-order valence-electron chi connectivity index (χ3n) is 3.09. The van der Waals surface area contributed by atoms with E-state index in [4.69, 9.17) is 4.42 Å². The molecule has 106 valence electrons. The van der Waals surface area contributed by atoms with Crippen molar-refractivity contribution in [2.24, 2.45) is 0 Å². The van der Waals surface area contributed by atoms with Crippen LogP contribution < -0.4 is 5.32 Å². The van der Waals surface area contributed by atoms with Crippen molar-refractivity contribution in [1.29, 1.82) is 0 Å². The lowest BCUT2D eigenvalue weighted by atomic mass is 10.1. The van der Waals surface area contributed by atoms with Crippen LogP contribution in [0.3, 0.4) is 0 Å². The van der Waals surface area contributed by atoms with Crippen molar-refractivity contribution in [3.63, 3.8) is 0 Å². The molecule has 1 N–H and O–H groups in total. The maximum absolute atomic E-state index is 12.1. The largest absolute Gasteiger partial charge is 0.464 e. The molecule has 0 aliphatic rings. The molecule has 2 aromatic carbocycles. The van der Waals surface area contributed by atoms with Gasteiger partial charge in [-0.3, -0.25) is 4.79 Å². The SMILES string of the molecule is O=C(Cc1coc2ccc(Br)cc12)Nc1ccc(Br)cc1. The highest BCUT2D eigenvalue weighted by Gasteiger charge is 2.11. The Labute approximate surface area is 138 Å². The first-order valence-electron chi connectivity index (χ1n) is 6.33. The fourth-order valence-electron chi connectivity index (χ4n) is 2.10. The van der Waals surface area contributed by atoms with E-state index in [2.05, 4.69) is 37.2 Å². The molecular weight excluding hydrogens is 398 g/mol. The second kappa shape index (κ2) is 6.03. The highest BCUT2D eigenvalue weighted by Crippen LogP contribution is 2.25. The number of halogens is 2. The average Bonchev–Trinajstić information content (AvgIpc) is 2.84. The number of fused-ring (bicyclic) bond motifs is 1. The molecule has 1 heterocycles. The average molecular weight is 409 g/mol. The van der Waals surface area contributed by atoms with Gasteiger partial charge in [-0.1, -0.05) is 31.9 Å². The Balaban J connectivity index is 1.77. The summed E-state index contributed by atoms with van der Waals surface area (Å²) >= 11 is 6.80. The van der Waals surface area contributed by atoms with E-state index in [0.29, 0.717) is 0 Å². The fourth-order valence-corrected chi connectivity index (χ4v) is 2.73. The molecule has 21 heavy (non-hydrogen) atoms. The molecule has 1 aromatic heterocycles. The minimum absolute atomic E-state index is 0.0694.